The van der Waals surface area contributed by atoms with Crippen LogP contribution in [0.5, 0.6) is 0 Å². The molecule has 0 saturated carbocycles. The van der Waals surface area contributed by atoms with Crippen LogP contribution in [0.2, 0.25) is 5.02 Å². The minimum atomic E-state index is -0.878. The van der Waals surface area contributed by atoms with E-state index in [4.69, 9.17) is 21.1 Å². The molecule has 0 aliphatic rings. The molecule has 0 bridgehead atoms. The molecule has 2 aromatic carbocycles. The van der Waals surface area contributed by atoms with Gasteiger partial charge < -0.3 is 14.8 Å². The van der Waals surface area contributed by atoms with Gasteiger partial charge in [0, 0.05) is 17.5 Å². The van der Waals surface area contributed by atoms with Crippen LogP contribution in [-0.4, -0.2) is 37.6 Å². The summed E-state index contributed by atoms with van der Waals surface area (Å²) in [6, 6.07) is 15.3. The van der Waals surface area contributed by atoms with E-state index in [0.717, 1.165) is 5.56 Å². The molecule has 0 aromatic heterocycles. The van der Waals surface area contributed by atoms with Crippen molar-refractivity contribution in [1.82, 2.24) is 5.32 Å². The number of benzene rings is 2. The number of halogens is 1. The molecule has 0 radical (unpaired) electrons. The van der Waals surface area contributed by atoms with Crippen molar-refractivity contribution < 1.29 is 23.9 Å². The third kappa shape index (κ3) is 6.89. The standard InChI is InChI=1S/C21H20ClNO5/c1-27-21(26)18(13-15-7-3-2-4-8-15)23-19(24)14-28-20(25)12-11-16-9-5-6-10-17(16)22/h2-12,18H,13-14H2,1H3,(H,23,24)/b12-11+/t18-/m1/s1. The first kappa shape index (κ1) is 21.2. The number of rotatable bonds is 8. The Balaban J connectivity index is 1.87. The number of hydrogen-bond donors (Lipinski definition) is 1. The van der Waals surface area contributed by atoms with Crippen molar-refractivity contribution in [3.8, 4) is 0 Å². The van der Waals surface area contributed by atoms with Crippen LogP contribution >= 0.6 is 11.6 Å². The van der Waals surface area contributed by atoms with Crippen LogP contribution in [0.25, 0.3) is 6.08 Å². The Morgan fingerprint density at radius 2 is 1.75 bits per heavy atom. The monoisotopic (exact) mass is 401 g/mol. The van der Waals surface area contributed by atoms with Gasteiger partial charge >= 0.3 is 11.9 Å². The molecule has 2 aromatic rings. The van der Waals surface area contributed by atoms with Gasteiger partial charge in [0.1, 0.15) is 6.04 Å². The number of amides is 1. The lowest BCUT2D eigenvalue weighted by molar-refractivity contribution is -0.147. The normalized spacial score (nSPS) is 11.6. The van der Waals surface area contributed by atoms with Gasteiger partial charge in [-0.25, -0.2) is 9.59 Å². The molecule has 0 heterocycles. The van der Waals surface area contributed by atoms with Gasteiger partial charge in [0.25, 0.3) is 5.91 Å². The molecule has 0 unspecified atom stereocenters. The van der Waals surface area contributed by atoms with E-state index in [1.807, 2.05) is 30.3 Å². The van der Waals surface area contributed by atoms with Crippen LogP contribution in [0.15, 0.2) is 60.7 Å². The third-order valence-corrected chi connectivity index (χ3v) is 4.10. The van der Waals surface area contributed by atoms with E-state index in [1.165, 1.54) is 19.3 Å². The molecular weight excluding hydrogens is 382 g/mol. The fourth-order valence-electron chi connectivity index (χ4n) is 2.37. The van der Waals surface area contributed by atoms with Crippen LogP contribution < -0.4 is 5.32 Å². The topological polar surface area (TPSA) is 81.7 Å². The van der Waals surface area contributed by atoms with Crippen molar-refractivity contribution in [2.24, 2.45) is 0 Å². The molecule has 6 nitrogen and oxygen atoms in total. The van der Waals surface area contributed by atoms with Gasteiger partial charge in [-0.15, -0.1) is 0 Å². The van der Waals surface area contributed by atoms with Crippen molar-refractivity contribution in [2.75, 3.05) is 13.7 Å². The Labute approximate surface area is 168 Å². The Morgan fingerprint density at radius 1 is 1.07 bits per heavy atom. The Morgan fingerprint density at radius 3 is 2.43 bits per heavy atom. The second-order valence-electron chi connectivity index (χ2n) is 5.80. The zero-order valence-electron chi connectivity index (χ0n) is 15.3. The fourth-order valence-corrected chi connectivity index (χ4v) is 2.57. The molecule has 0 aliphatic carbocycles. The van der Waals surface area contributed by atoms with Crippen LogP contribution in [0.3, 0.4) is 0 Å². The van der Waals surface area contributed by atoms with Crippen molar-refractivity contribution in [1.29, 1.82) is 0 Å². The lowest BCUT2D eigenvalue weighted by Crippen LogP contribution is -2.44. The zero-order chi connectivity index (χ0) is 20.4. The molecule has 7 heteroatoms. The summed E-state index contributed by atoms with van der Waals surface area (Å²) in [7, 11) is 1.24. The second kappa shape index (κ2) is 10.9. The molecular formula is C21H20ClNO5. The van der Waals surface area contributed by atoms with Crippen LogP contribution in [0.1, 0.15) is 11.1 Å². The summed E-state index contributed by atoms with van der Waals surface area (Å²) in [4.78, 5) is 35.7. The first-order valence-corrected chi connectivity index (χ1v) is 8.88. The van der Waals surface area contributed by atoms with Crippen molar-refractivity contribution in [3.63, 3.8) is 0 Å². The summed E-state index contributed by atoms with van der Waals surface area (Å²) >= 11 is 5.99. The van der Waals surface area contributed by atoms with E-state index >= 15 is 0 Å². The van der Waals surface area contributed by atoms with Gasteiger partial charge in [-0.2, -0.15) is 0 Å². The van der Waals surface area contributed by atoms with Crippen molar-refractivity contribution >= 4 is 35.5 Å². The second-order valence-corrected chi connectivity index (χ2v) is 6.20. The summed E-state index contributed by atoms with van der Waals surface area (Å²) in [5, 5.41) is 3.01. The molecule has 1 amide bonds. The van der Waals surface area contributed by atoms with E-state index in [2.05, 4.69) is 5.32 Å². The van der Waals surface area contributed by atoms with Gasteiger partial charge in [-0.3, -0.25) is 4.79 Å². The Hall–Kier alpha value is -3.12. The van der Waals surface area contributed by atoms with Gasteiger partial charge in [-0.1, -0.05) is 60.1 Å². The molecule has 146 valence electrons. The van der Waals surface area contributed by atoms with Gasteiger partial charge in [0.15, 0.2) is 6.61 Å². The lowest BCUT2D eigenvalue weighted by atomic mass is 10.1. The summed E-state index contributed by atoms with van der Waals surface area (Å²) in [5.74, 6) is -1.89. The number of ether oxygens (including phenoxy) is 2. The molecule has 2 rings (SSSR count). The predicted molar refractivity (Wildman–Crippen MR) is 106 cm³/mol. The van der Waals surface area contributed by atoms with Gasteiger partial charge in [-0.05, 0) is 23.3 Å². The minimum Gasteiger partial charge on any atom is -0.467 e. The maximum Gasteiger partial charge on any atom is 0.331 e. The van der Waals surface area contributed by atoms with Crippen LogP contribution in [-0.2, 0) is 30.3 Å². The maximum absolute atomic E-state index is 12.1. The maximum atomic E-state index is 12.1. The Kier molecular flexibility index (Phi) is 8.24. The zero-order valence-corrected chi connectivity index (χ0v) is 16.0. The molecule has 0 saturated heterocycles. The number of methoxy groups -OCH3 is 1. The number of carbonyl (C=O) groups is 3. The number of esters is 2. The highest BCUT2D eigenvalue weighted by Crippen LogP contribution is 2.16. The summed E-state index contributed by atoms with van der Waals surface area (Å²) < 4.78 is 9.62. The third-order valence-electron chi connectivity index (χ3n) is 3.75. The summed E-state index contributed by atoms with van der Waals surface area (Å²) in [6.45, 7) is -0.520. The molecule has 0 aliphatic heterocycles. The highest BCUT2D eigenvalue weighted by molar-refractivity contribution is 6.32. The average Bonchev–Trinajstić information content (AvgIpc) is 2.71. The first-order valence-electron chi connectivity index (χ1n) is 8.50. The lowest BCUT2D eigenvalue weighted by Gasteiger charge is -2.16. The number of hydrogen-bond acceptors (Lipinski definition) is 5. The summed E-state index contributed by atoms with van der Waals surface area (Å²) in [5.41, 5.74) is 1.51. The van der Waals surface area contributed by atoms with E-state index in [9.17, 15) is 14.4 Å². The largest absolute Gasteiger partial charge is 0.467 e. The van der Waals surface area contributed by atoms with Crippen LogP contribution in [0.4, 0.5) is 0 Å². The van der Waals surface area contributed by atoms with E-state index in [-0.39, 0.29) is 6.42 Å². The van der Waals surface area contributed by atoms with Gasteiger partial charge in [0.2, 0.25) is 0 Å². The average molecular weight is 402 g/mol. The van der Waals surface area contributed by atoms with Crippen LogP contribution in [0, 0.1) is 0 Å². The number of nitrogens with one attached hydrogen (secondary N) is 1. The highest BCUT2D eigenvalue weighted by atomic mass is 35.5. The SMILES string of the molecule is COC(=O)[C@@H](Cc1ccccc1)NC(=O)COC(=O)/C=C/c1ccccc1Cl. The first-order chi connectivity index (χ1) is 13.5. The molecule has 0 spiro atoms. The smallest absolute Gasteiger partial charge is 0.331 e. The number of carbonyl (C=O) groups excluding carboxylic acids is 3. The minimum absolute atomic E-state index is 0.264. The Bertz CT molecular complexity index is 851. The molecule has 1 atom stereocenters. The van der Waals surface area contributed by atoms with E-state index in [1.54, 1.807) is 24.3 Å². The highest BCUT2D eigenvalue weighted by Gasteiger charge is 2.22. The van der Waals surface area contributed by atoms with Gasteiger partial charge in [0.05, 0.1) is 7.11 Å². The van der Waals surface area contributed by atoms with E-state index < -0.39 is 30.5 Å². The summed E-state index contributed by atoms with van der Waals surface area (Å²) in [6.07, 6.45) is 2.94. The quantitative estimate of drug-likeness (QED) is 0.543. The molecule has 28 heavy (non-hydrogen) atoms. The predicted octanol–water partition coefficient (Wildman–Crippen LogP) is 2.80. The van der Waals surface area contributed by atoms with E-state index in [0.29, 0.717) is 10.6 Å². The van der Waals surface area contributed by atoms with Crippen molar-refractivity contribution in [2.45, 2.75) is 12.5 Å². The molecule has 0 fully saturated rings. The van der Waals surface area contributed by atoms with Crippen molar-refractivity contribution in [3.05, 3.63) is 76.8 Å². The fraction of sp³-hybridized carbons (Fsp3) is 0.190. The molecule has 1 N–H and O–H groups in total.